The Morgan fingerprint density at radius 2 is 2.23 bits per heavy atom. The maximum absolute atomic E-state index is 12.1. The Hall–Kier alpha value is -2.37. The molecule has 1 atom stereocenters. The highest BCUT2D eigenvalue weighted by molar-refractivity contribution is 5.87. The Bertz CT molecular complexity index is 650. The van der Waals surface area contributed by atoms with Gasteiger partial charge in [0, 0.05) is 19.8 Å². The molecular formula is C16H20N4O2. The van der Waals surface area contributed by atoms with Gasteiger partial charge in [-0.15, -0.1) is 5.10 Å². The summed E-state index contributed by atoms with van der Waals surface area (Å²) in [6, 6.07) is 7.69. The van der Waals surface area contributed by atoms with E-state index >= 15 is 0 Å². The zero-order chi connectivity index (χ0) is 15.5. The Morgan fingerprint density at radius 3 is 2.91 bits per heavy atom. The van der Waals surface area contributed by atoms with Crippen LogP contribution >= 0.6 is 0 Å². The molecular weight excluding hydrogens is 280 g/mol. The quantitative estimate of drug-likeness (QED) is 0.808. The van der Waals surface area contributed by atoms with Crippen LogP contribution in [0, 0.1) is 6.92 Å². The third kappa shape index (κ3) is 2.95. The lowest BCUT2D eigenvalue weighted by atomic mass is 10.2. The van der Waals surface area contributed by atoms with Crippen molar-refractivity contribution in [2.45, 2.75) is 25.8 Å². The number of rotatable bonds is 4. The van der Waals surface area contributed by atoms with Crippen molar-refractivity contribution in [3.05, 3.63) is 41.9 Å². The molecule has 0 aromatic carbocycles. The molecule has 1 fully saturated rings. The van der Waals surface area contributed by atoms with Gasteiger partial charge in [-0.3, -0.25) is 0 Å². The van der Waals surface area contributed by atoms with Gasteiger partial charge in [0.15, 0.2) is 5.82 Å². The molecule has 0 amide bonds. The highest BCUT2D eigenvalue weighted by Gasteiger charge is 2.27. The van der Waals surface area contributed by atoms with Crippen LogP contribution in [-0.4, -0.2) is 39.9 Å². The zero-order valence-corrected chi connectivity index (χ0v) is 12.9. The molecule has 1 saturated heterocycles. The fourth-order valence-electron chi connectivity index (χ4n) is 2.77. The molecule has 0 unspecified atom stereocenters. The van der Waals surface area contributed by atoms with Crippen LogP contribution in [0.3, 0.4) is 0 Å². The van der Waals surface area contributed by atoms with Crippen molar-refractivity contribution in [1.29, 1.82) is 0 Å². The van der Waals surface area contributed by atoms with E-state index in [1.807, 2.05) is 38.4 Å². The van der Waals surface area contributed by atoms with Gasteiger partial charge in [-0.2, -0.15) is 5.10 Å². The molecule has 116 valence electrons. The third-order valence-electron chi connectivity index (χ3n) is 4.01. The van der Waals surface area contributed by atoms with E-state index in [1.165, 1.54) is 0 Å². The van der Waals surface area contributed by atoms with Crippen molar-refractivity contribution >= 4 is 11.8 Å². The number of aromatic nitrogens is 3. The lowest BCUT2D eigenvalue weighted by Crippen LogP contribution is -2.34. The predicted octanol–water partition coefficient (Wildman–Crippen LogP) is 1.95. The Labute approximate surface area is 129 Å². The highest BCUT2D eigenvalue weighted by atomic mass is 16.5. The SMILES string of the molecule is Cc1ccc(N2CCC[C@@H]2COC(=O)c2cccn2C)nn1. The maximum Gasteiger partial charge on any atom is 0.355 e. The fourth-order valence-corrected chi connectivity index (χ4v) is 2.77. The number of carbonyl (C=O) groups is 1. The monoisotopic (exact) mass is 300 g/mol. The molecule has 0 bridgehead atoms. The third-order valence-corrected chi connectivity index (χ3v) is 4.01. The first kappa shape index (κ1) is 14.6. The van der Waals surface area contributed by atoms with Gasteiger partial charge in [0.1, 0.15) is 12.3 Å². The molecule has 1 aliphatic rings. The molecule has 0 spiro atoms. The zero-order valence-electron chi connectivity index (χ0n) is 12.9. The van der Waals surface area contributed by atoms with Crippen molar-refractivity contribution in [2.75, 3.05) is 18.1 Å². The van der Waals surface area contributed by atoms with Crippen molar-refractivity contribution < 1.29 is 9.53 Å². The van der Waals surface area contributed by atoms with Crippen molar-refractivity contribution in [3.63, 3.8) is 0 Å². The van der Waals surface area contributed by atoms with Crippen molar-refractivity contribution in [2.24, 2.45) is 7.05 Å². The van der Waals surface area contributed by atoms with E-state index in [-0.39, 0.29) is 12.0 Å². The number of hydrogen-bond donors (Lipinski definition) is 0. The highest BCUT2D eigenvalue weighted by Crippen LogP contribution is 2.23. The Kier molecular flexibility index (Phi) is 4.09. The number of anilines is 1. The van der Waals surface area contributed by atoms with Crippen LogP contribution < -0.4 is 4.90 Å². The minimum Gasteiger partial charge on any atom is -0.459 e. The second-order valence-electron chi connectivity index (χ2n) is 5.63. The van der Waals surface area contributed by atoms with E-state index in [0.29, 0.717) is 12.3 Å². The number of aryl methyl sites for hydroxylation is 2. The summed E-state index contributed by atoms with van der Waals surface area (Å²) in [5.74, 6) is 0.567. The Balaban J connectivity index is 1.63. The second kappa shape index (κ2) is 6.17. The van der Waals surface area contributed by atoms with E-state index in [1.54, 1.807) is 10.6 Å². The smallest absolute Gasteiger partial charge is 0.355 e. The van der Waals surface area contributed by atoms with E-state index in [0.717, 1.165) is 30.9 Å². The molecule has 1 aliphatic heterocycles. The summed E-state index contributed by atoms with van der Waals surface area (Å²) in [6.07, 6.45) is 3.90. The summed E-state index contributed by atoms with van der Waals surface area (Å²) < 4.78 is 7.24. The molecule has 6 nitrogen and oxygen atoms in total. The summed E-state index contributed by atoms with van der Waals surface area (Å²) in [5, 5.41) is 8.34. The molecule has 3 rings (SSSR count). The first-order valence-corrected chi connectivity index (χ1v) is 7.50. The molecule has 0 aliphatic carbocycles. The van der Waals surface area contributed by atoms with Crippen LogP contribution in [0.2, 0.25) is 0 Å². The van der Waals surface area contributed by atoms with E-state index in [2.05, 4.69) is 15.1 Å². The normalized spacial score (nSPS) is 17.7. The topological polar surface area (TPSA) is 60.2 Å². The summed E-state index contributed by atoms with van der Waals surface area (Å²) in [4.78, 5) is 14.3. The Morgan fingerprint density at radius 1 is 1.36 bits per heavy atom. The minimum absolute atomic E-state index is 0.168. The van der Waals surface area contributed by atoms with E-state index in [9.17, 15) is 4.79 Å². The number of esters is 1. The summed E-state index contributed by atoms with van der Waals surface area (Å²) >= 11 is 0. The molecule has 3 heterocycles. The molecule has 2 aromatic heterocycles. The average Bonchev–Trinajstić information content (AvgIpc) is 3.14. The van der Waals surface area contributed by atoms with Crippen LogP contribution in [0.25, 0.3) is 0 Å². The maximum atomic E-state index is 12.1. The number of hydrogen-bond acceptors (Lipinski definition) is 5. The van der Waals surface area contributed by atoms with Crippen LogP contribution in [0.5, 0.6) is 0 Å². The first-order valence-electron chi connectivity index (χ1n) is 7.50. The lowest BCUT2D eigenvalue weighted by Gasteiger charge is -2.24. The lowest BCUT2D eigenvalue weighted by molar-refractivity contribution is 0.0471. The van der Waals surface area contributed by atoms with Gasteiger partial charge >= 0.3 is 5.97 Å². The average molecular weight is 300 g/mol. The van der Waals surface area contributed by atoms with Crippen LogP contribution in [0.1, 0.15) is 29.0 Å². The van der Waals surface area contributed by atoms with Gasteiger partial charge in [-0.05, 0) is 44.0 Å². The summed E-state index contributed by atoms with van der Waals surface area (Å²) in [5.41, 5.74) is 1.47. The van der Waals surface area contributed by atoms with Crippen LogP contribution in [0.4, 0.5) is 5.82 Å². The minimum atomic E-state index is -0.283. The van der Waals surface area contributed by atoms with Gasteiger partial charge in [0.2, 0.25) is 0 Å². The van der Waals surface area contributed by atoms with Crippen molar-refractivity contribution in [1.82, 2.24) is 14.8 Å². The molecule has 6 heteroatoms. The second-order valence-corrected chi connectivity index (χ2v) is 5.63. The molecule has 0 saturated carbocycles. The first-order chi connectivity index (χ1) is 10.6. The van der Waals surface area contributed by atoms with Gasteiger partial charge in [-0.25, -0.2) is 4.79 Å². The van der Waals surface area contributed by atoms with Gasteiger partial charge in [0.05, 0.1) is 11.7 Å². The van der Waals surface area contributed by atoms with Crippen LogP contribution in [0.15, 0.2) is 30.5 Å². The van der Waals surface area contributed by atoms with Gasteiger partial charge < -0.3 is 14.2 Å². The number of nitrogens with zero attached hydrogens (tertiary/aromatic N) is 4. The summed E-state index contributed by atoms with van der Waals surface area (Å²) in [7, 11) is 1.83. The molecule has 22 heavy (non-hydrogen) atoms. The standard InChI is InChI=1S/C16H20N4O2/c1-12-7-8-15(18-17-12)20-10-3-5-13(20)11-22-16(21)14-6-4-9-19(14)2/h4,6-9,13H,3,5,10-11H2,1-2H3/t13-/m1/s1. The van der Waals surface area contributed by atoms with E-state index < -0.39 is 0 Å². The number of carbonyl (C=O) groups excluding carboxylic acids is 1. The van der Waals surface area contributed by atoms with Gasteiger partial charge in [0.25, 0.3) is 0 Å². The van der Waals surface area contributed by atoms with Crippen molar-refractivity contribution in [3.8, 4) is 0 Å². The van der Waals surface area contributed by atoms with Gasteiger partial charge in [-0.1, -0.05) is 0 Å². The van der Waals surface area contributed by atoms with E-state index in [4.69, 9.17) is 4.74 Å². The van der Waals surface area contributed by atoms with Crippen LogP contribution in [-0.2, 0) is 11.8 Å². The molecule has 0 radical (unpaired) electrons. The largest absolute Gasteiger partial charge is 0.459 e. The number of ether oxygens (including phenoxy) is 1. The fraction of sp³-hybridized carbons (Fsp3) is 0.438. The predicted molar refractivity (Wildman–Crippen MR) is 82.8 cm³/mol. The summed E-state index contributed by atoms with van der Waals surface area (Å²) in [6.45, 7) is 3.21. The molecule has 2 aromatic rings. The molecule has 0 N–H and O–H groups in total.